The number of nitrogens with one attached hydrogen (secondary N) is 1. The highest BCUT2D eigenvalue weighted by molar-refractivity contribution is 6.00. The van der Waals surface area contributed by atoms with Gasteiger partial charge in [-0.3, -0.25) is 9.89 Å². The molecular weight excluding hydrogens is 382 g/mol. The van der Waals surface area contributed by atoms with E-state index in [-0.39, 0.29) is 11.9 Å². The maximum Gasteiger partial charge on any atom is 0.337 e. The van der Waals surface area contributed by atoms with Gasteiger partial charge in [-0.05, 0) is 24.1 Å². The zero-order valence-corrected chi connectivity index (χ0v) is 16.9. The summed E-state index contributed by atoms with van der Waals surface area (Å²) < 4.78 is 9.97. The number of rotatable bonds is 7. The van der Waals surface area contributed by atoms with Gasteiger partial charge in [0.05, 0.1) is 24.4 Å². The summed E-state index contributed by atoms with van der Waals surface area (Å²) >= 11 is 0. The van der Waals surface area contributed by atoms with Crippen LogP contribution in [0.3, 0.4) is 0 Å². The predicted octanol–water partition coefficient (Wildman–Crippen LogP) is 3.45. The van der Waals surface area contributed by atoms with E-state index >= 15 is 0 Å². The molecule has 0 saturated heterocycles. The molecule has 1 amide bonds. The van der Waals surface area contributed by atoms with Gasteiger partial charge in [0, 0.05) is 31.4 Å². The third kappa shape index (κ3) is 3.48. The largest absolute Gasteiger partial charge is 0.465 e. The maximum atomic E-state index is 13.2. The number of carbonyl (C=O) groups is 2. The van der Waals surface area contributed by atoms with Crippen LogP contribution < -0.4 is 0 Å². The van der Waals surface area contributed by atoms with Gasteiger partial charge in [0.15, 0.2) is 0 Å². The molecule has 7 heteroatoms. The van der Waals surface area contributed by atoms with Crippen LogP contribution >= 0.6 is 0 Å². The Balaban J connectivity index is 1.78. The monoisotopic (exact) mass is 405 g/mol. The number of hydrogen-bond donors (Lipinski definition) is 1. The molecule has 1 aliphatic rings. The summed E-state index contributed by atoms with van der Waals surface area (Å²) in [6.45, 7) is 1.11. The molecule has 0 aliphatic carbocycles. The summed E-state index contributed by atoms with van der Waals surface area (Å²) in [7, 11) is 3.00. The highest BCUT2D eigenvalue weighted by atomic mass is 16.5. The fourth-order valence-corrected chi connectivity index (χ4v) is 3.89. The Hall–Kier alpha value is -3.45. The Morgan fingerprint density at radius 2 is 1.83 bits per heavy atom. The third-order valence-electron chi connectivity index (χ3n) is 5.31. The molecule has 0 saturated carbocycles. The van der Waals surface area contributed by atoms with Crippen molar-refractivity contribution in [3.8, 4) is 11.3 Å². The molecule has 1 unspecified atom stereocenters. The zero-order valence-electron chi connectivity index (χ0n) is 16.9. The van der Waals surface area contributed by atoms with Gasteiger partial charge in [-0.1, -0.05) is 42.5 Å². The first-order valence-corrected chi connectivity index (χ1v) is 9.77. The van der Waals surface area contributed by atoms with E-state index in [4.69, 9.17) is 9.47 Å². The van der Waals surface area contributed by atoms with Crippen molar-refractivity contribution >= 4 is 11.9 Å². The molecule has 0 spiro atoms. The van der Waals surface area contributed by atoms with Crippen molar-refractivity contribution < 1.29 is 19.1 Å². The van der Waals surface area contributed by atoms with Crippen LogP contribution in [-0.4, -0.2) is 54.3 Å². The second-order valence-corrected chi connectivity index (χ2v) is 7.09. The Kier molecular flexibility index (Phi) is 5.63. The molecule has 1 aromatic heterocycles. The first-order valence-electron chi connectivity index (χ1n) is 9.77. The van der Waals surface area contributed by atoms with E-state index in [0.29, 0.717) is 24.4 Å². The van der Waals surface area contributed by atoms with E-state index in [1.54, 1.807) is 19.2 Å². The minimum absolute atomic E-state index is 0.0853. The quantitative estimate of drug-likeness (QED) is 0.481. The summed E-state index contributed by atoms with van der Waals surface area (Å²) in [5.74, 6) is -0.479. The lowest BCUT2D eigenvalue weighted by atomic mass is 9.95. The van der Waals surface area contributed by atoms with Crippen LogP contribution in [0.4, 0.5) is 0 Å². The highest BCUT2D eigenvalue weighted by Gasteiger charge is 2.41. The average Bonchev–Trinajstić information content (AvgIpc) is 3.33. The molecule has 3 aromatic rings. The van der Waals surface area contributed by atoms with E-state index in [1.165, 1.54) is 7.11 Å². The minimum atomic E-state index is -0.394. The molecule has 1 atom stereocenters. The van der Waals surface area contributed by atoms with Crippen LogP contribution in [0.15, 0.2) is 54.6 Å². The number of fused-ring (bicyclic) bond motifs is 1. The second kappa shape index (κ2) is 8.51. The molecule has 30 heavy (non-hydrogen) atoms. The van der Waals surface area contributed by atoms with Crippen LogP contribution in [0, 0.1) is 0 Å². The number of ether oxygens (including phenoxy) is 2. The second-order valence-electron chi connectivity index (χ2n) is 7.09. The van der Waals surface area contributed by atoms with Crippen LogP contribution in [0.2, 0.25) is 0 Å². The summed E-state index contributed by atoms with van der Waals surface area (Å²) in [6.07, 6.45) is 0.720. The van der Waals surface area contributed by atoms with Crippen molar-refractivity contribution in [3.05, 3.63) is 77.0 Å². The van der Waals surface area contributed by atoms with E-state index < -0.39 is 5.97 Å². The first-order chi connectivity index (χ1) is 14.7. The van der Waals surface area contributed by atoms with Gasteiger partial charge in [0.25, 0.3) is 5.91 Å². The van der Waals surface area contributed by atoms with Crippen LogP contribution in [0.5, 0.6) is 0 Å². The zero-order chi connectivity index (χ0) is 21.1. The molecule has 2 aromatic carbocycles. The van der Waals surface area contributed by atoms with Crippen molar-refractivity contribution in [1.29, 1.82) is 0 Å². The van der Waals surface area contributed by atoms with Crippen LogP contribution in [0.25, 0.3) is 11.3 Å². The molecule has 0 bridgehead atoms. The van der Waals surface area contributed by atoms with Gasteiger partial charge < -0.3 is 14.4 Å². The number of methoxy groups -OCH3 is 2. The summed E-state index contributed by atoms with van der Waals surface area (Å²) in [5, 5.41) is 7.40. The van der Waals surface area contributed by atoms with Gasteiger partial charge in [0.1, 0.15) is 5.69 Å². The number of H-pyrrole nitrogens is 1. The molecule has 2 heterocycles. The predicted molar refractivity (Wildman–Crippen MR) is 111 cm³/mol. The lowest BCUT2D eigenvalue weighted by Gasteiger charge is -2.26. The van der Waals surface area contributed by atoms with Crippen molar-refractivity contribution in [2.24, 2.45) is 0 Å². The topological polar surface area (TPSA) is 84.5 Å². The summed E-state index contributed by atoms with van der Waals surface area (Å²) in [4.78, 5) is 26.8. The highest BCUT2D eigenvalue weighted by Crippen LogP contribution is 2.42. The van der Waals surface area contributed by atoms with Crippen LogP contribution in [-0.2, 0) is 9.47 Å². The molecule has 154 valence electrons. The van der Waals surface area contributed by atoms with Crippen molar-refractivity contribution in [1.82, 2.24) is 15.1 Å². The smallest absolute Gasteiger partial charge is 0.337 e. The summed E-state index contributed by atoms with van der Waals surface area (Å²) in [6, 6.07) is 16.7. The Bertz CT molecular complexity index is 1040. The molecule has 7 nitrogen and oxygen atoms in total. The van der Waals surface area contributed by atoms with Gasteiger partial charge in [-0.2, -0.15) is 5.10 Å². The molecule has 0 fully saturated rings. The number of hydrogen-bond acceptors (Lipinski definition) is 5. The Morgan fingerprint density at radius 3 is 2.50 bits per heavy atom. The standard InChI is InChI=1S/C23H23N3O4/c1-29-14-6-13-26-21(16-9-11-17(12-10-16)23(28)30-2)18-19(15-7-4-3-5-8-15)24-25-20(18)22(26)27/h3-5,7-12,21H,6,13-14H2,1-2H3,(H,24,25). The molecule has 1 aliphatic heterocycles. The third-order valence-corrected chi connectivity index (χ3v) is 5.31. The Labute approximate surface area is 174 Å². The number of carbonyl (C=O) groups excluding carboxylic acids is 2. The SMILES string of the molecule is COCCCN1C(=O)c2[nH]nc(-c3ccccc3)c2C1c1ccc(C(=O)OC)cc1. The van der Waals surface area contributed by atoms with E-state index in [2.05, 4.69) is 10.2 Å². The van der Waals surface area contributed by atoms with E-state index in [9.17, 15) is 9.59 Å². The van der Waals surface area contributed by atoms with Gasteiger partial charge in [-0.15, -0.1) is 0 Å². The van der Waals surface area contributed by atoms with Crippen molar-refractivity contribution in [2.45, 2.75) is 12.5 Å². The van der Waals surface area contributed by atoms with Gasteiger partial charge in [-0.25, -0.2) is 4.79 Å². The number of aromatic nitrogens is 2. The molecule has 4 rings (SSSR count). The molecule has 1 N–H and O–H groups in total. The minimum Gasteiger partial charge on any atom is -0.465 e. The number of aromatic amines is 1. The average molecular weight is 405 g/mol. The van der Waals surface area contributed by atoms with E-state index in [0.717, 1.165) is 28.8 Å². The van der Waals surface area contributed by atoms with Crippen LogP contribution in [0.1, 0.15) is 44.4 Å². The number of esters is 1. The number of nitrogens with zero attached hydrogens (tertiary/aromatic N) is 2. The first kappa shape index (κ1) is 19.8. The molecular formula is C23H23N3O4. The Morgan fingerprint density at radius 1 is 1.10 bits per heavy atom. The molecule has 0 radical (unpaired) electrons. The summed E-state index contributed by atoms with van der Waals surface area (Å²) in [5.41, 5.74) is 4.44. The van der Waals surface area contributed by atoms with Crippen molar-refractivity contribution in [2.75, 3.05) is 27.4 Å². The maximum absolute atomic E-state index is 13.2. The lowest BCUT2D eigenvalue weighted by molar-refractivity contribution is 0.0599. The number of amides is 1. The van der Waals surface area contributed by atoms with E-state index in [1.807, 2.05) is 47.4 Å². The van der Waals surface area contributed by atoms with Gasteiger partial charge >= 0.3 is 5.97 Å². The fraction of sp³-hybridized carbons (Fsp3) is 0.261. The van der Waals surface area contributed by atoms with Gasteiger partial charge in [0.2, 0.25) is 0 Å². The number of benzene rings is 2. The normalized spacial score (nSPS) is 15.3. The van der Waals surface area contributed by atoms with Crippen molar-refractivity contribution in [3.63, 3.8) is 0 Å². The lowest BCUT2D eigenvalue weighted by Crippen LogP contribution is -2.31. The fourth-order valence-electron chi connectivity index (χ4n) is 3.89.